The first-order valence-electron chi connectivity index (χ1n) is 4.95. The highest BCUT2D eigenvalue weighted by molar-refractivity contribution is 5.17. The molecule has 0 radical (unpaired) electrons. The monoisotopic (exact) mass is 238 g/mol. The Morgan fingerprint density at radius 3 is 2.56 bits per heavy atom. The molecular weight excluding hydrogens is 224 g/mol. The fourth-order valence-electron chi connectivity index (χ4n) is 1.64. The first-order valence-corrected chi connectivity index (χ1v) is 4.95. The van der Waals surface area contributed by atoms with E-state index in [9.17, 15) is 0 Å². The van der Waals surface area contributed by atoms with E-state index in [4.69, 9.17) is 4.84 Å². The van der Waals surface area contributed by atoms with Gasteiger partial charge >= 0.3 is 5.82 Å². The molecule has 0 saturated carbocycles. The maximum absolute atomic E-state index is 5.23. The Labute approximate surface area is 102 Å². The molecule has 0 amide bonds. The van der Waals surface area contributed by atoms with Crippen LogP contribution in [0.5, 0.6) is 0 Å². The van der Waals surface area contributed by atoms with Crippen LogP contribution in [0.25, 0.3) is 0 Å². The Hall–Kier alpha value is -1.48. The summed E-state index contributed by atoms with van der Waals surface area (Å²) in [6.07, 6.45) is 4.78. The van der Waals surface area contributed by atoms with Crippen molar-refractivity contribution in [1.29, 1.82) is 0 Å². The third-order valence-corrected chi connectivity index (χ3v) is 2.49. The predicted octanol–water partition coefficient (Wildman–Crippen LogP) is -2.03. The van der Waals surface area contributed by atoms with Gasteiger partial charge in [0.1, 0.15) is 13.3 Å². The normalized spacial score (nSPS) is 9.62. The van der Waals surface area contributed by atoms with Gasteiger partial charge in [-0.1, -0.05) is 30.3 Å². The number of imidazole rings is 1. The molecule has 1 aromatic carbocycles. The molecular formula is C12H15ClN2O. The van der Waals surface area contributed by atoms with Crippen LogP contribution in [0.4, 0.5) is 0 Å². The number of hydrogen-bond donors (Lipinski definition) is 0. The number of aryl methyl sites for hydroxylation is 1. The zero-order chi connectivity index (χ0) is 10.7. The van der Waals surface area contributed by atoms with Crippen molar-refractivity contribution >= 4 is 0 Å². The second-order valence-corrected chi connectivity index (χ2v) is 3.50. The second-order valence-electron chi connectivity index (χ2n) is 3.50. The lowest BCUT2D eigenvalue weighted by atomic mass is 10.1. The summed E-state index contributed by atoms with van der Waals surface area (Å²) in [7, 11) is 3.70. The van der Waals surface area contributed by atoms with E-state index >= 15 is 0 Å². The van der Waals surface area contributed by atoms with E-state index in [1.165, 1.54) is 5.56 Å². The molecule has 0 spiro atoms. The van der Waals surface area contributed by atoms with Gasteiger partial charge in [-0.3, -0.25) is 0 Å². The summed E-state index contributed by atoms with van der Waals surface area (Å²) in [5.74, 6) is 1.13. The zero-order valence-corrected chi connectivity index (χ0v) is 10.2. The van der Waals surface area contributed by atoms with Crippen molar-refractivity contribution in [3.8, 4) is 0 Å². The molecule has 4 heteroatoms. The lowest BCUT2D eigenvalue weighted by Crippen LogP contribution is -3.00. The molecule has 16 heavy (non-hydrogen) atoms. The van der Waals surface area contributed by atoms with Gasteiger partial charge in [-0.25, -0.2) is 4.57 Å². The number of nitrogens with zero attached hydrogens (tertiary/aromatic N) is 2. The standard InChI is InChI=1S/C12H15N2O.ClH/c1-13-8-9-14(15-2)12(13)10-11-6-4-3-5-7-11;/h3-9H,10H2,1-2H3;1H/q+1;/p-1. The van der Waals surface area contributed by atoms with Gasteiger partial charge in [0.2, 0.25) is 0 Å². The lowest BCUT2D eigenvalue weighted by Gasteiger charge is -2.00. The van der Waals surface area contributed by atoms with Crippen molar-refractivity contribution < 1.29 is 21.8 Å². The van der Waals surface area contributed by atoms with E-state index in [0.717, 1.165) is 12.2 Å². The van der Waals surface area contributed by atoms with E-state index in [2.05, 4.69) is 28.8 Å². The van der Waals surface area contributed by atoms with Crippen LogP contribution in [0, 0.1) is 0 Å². The zero-order valence-electron chi connectivity index (χ0n) is 9.43. The van der Waals surface area contributed by atoms with Crippen LogP contribution >= 0.6 is 0 Å². The van der Waals surface area contributed by atoms with Crippen LogP contribution in [0.3, 0.4) is 0 Å². The molecule has 0 bridgehead atoms. The molecule has 1 heterocycles. The van der Waals surface area contributed by atoms with Crippen LogP contribution < -0.4 is 21.8 Å². The van der Waals surface area contributed by atoms with Crippen molar-refractivity contribution in [3.63, 3.8) is 0 Å². The first kappa shape index (κ1) is 12.6. The molecule has 2 rings (SSSR count). The van der Waals surface area contributed by atoms with Gasteiger partial charge in [0.05, 0.1) is 13.5 Å². The van der Waals surface area contributed by atoms with Gasteiger partial charge in [-0.15, -0.1) is 0 Å². The highest BCUT2D eigenvalue weighted by atomic mass is 35.5. The Kier molecular flexibility index (Phi) is 4.38. The number of hydrogen-bond acceptors (Lipinski definition) is 1. The first-order chi connectivity index (χ1) is 7.31. The molecule has 0 atom stereocenters. The van der Waals surface area contributed by atoms with Gasteiger partial charge in [0, 0.05) is 0 Å². The molecule has 0 fully saturated rings. The quantitative estimate of drug-likeness (QED) is 0.564. The topological polar surface area (TPSA) is 18.0 Å². The van der Waals surface area contributed by atoms with Gasteiger partial charge in [0.25, 0.3) is 0 Å². The summed E-state index contributed by atoms with van der Waals surface area (Å²) < 4.78 is 3.85. The maximum atomic E-state index is 5.23. The highest BCUT2D eigenvalue weighted by Gasteiger charge is 2.15. The highest BCUT2D eigenvalue weighted by Crippen LogP contribution is 2.05. The molecule has 0 unspecified atom stereocenters. The van der Waals surface area contributed by atoms with Gasteiger partial charge in [0.15, 0.2) is 6.20 Å². The predicted molar refractivity (Wildman–Crippen MR) is 57.4 cm³/mol. The maximum Gasteiger partial charge on any atom is 0.300 e. The van der Waals surface area contributed by atoms with Crippen molar-refractivity contribution in [2.45, 2.75) is 6.42 Å². The second kappa shape index (κ2) is 5.56. The molecule has 1 aromatic heterocycles. The van der Waals surface area contributed by atoms with E-state index in [1.807, 2.05) is 25.5 Å². The molecule has 2 aromatic rings. The SMILES string of the molecule is COn1cc[n+](C)c1Cc1ccccc1.[Cl-]. The Morgan fingerprint density at radius 1 is 1.25 bits per heavy atom. The van der Waals surface area contributed by atoms with Crippen molar-refractivity contribution in [1.82, 2.24) is 4.73 Å². The van der Waals surface area contributed by atoms with Crippen LogP contribution in [0.15, 0.2) is 42.7 Å². The fourth-order valence-corrected chi connectivity index (χ4v) is 1.64. The van der Waals surface area contributed by atoms with Crippen molar-refractivity contribution in [2.75, 3.05) is 7.11 Å². The molecule has 0 aliphatic heterocycles. The van der Waals surface area contributed by atoms with Crippen LogP contribution in [-0.4, -0.2) is 11.8 Å². The Morgan fingerprint density at radius 2 is 1.94 bits per heavy atom. The van der Waals surface area contributed by atoms with E-state index in [-0.39, 0.29) is 12.4 Å². The fraction of sp³-hybridized carbons (Fsp3) is 0.250. The number of benzene rings is 1. The number of halogens is 1. The van der Waals surface area contributed by atoms with Gasteiger partial charge < -0.3 is 17.2 Å². The van der Waals surface area contributed by atoms with Crippen LogP contribution in [-0.2, 0) is 13.5 Å². The van der Waals surface area contributed by atoms with Crippen LogP contribution in [0.2, 0.25) is 0 Å². The largest absolute Gasteiger partial charge is 1.00 e. The summed E-state index contributed by atoms with van der Waals surface area (Å²) in [6, 6.07) is 10.4. The van der Waals surface area contributed by atoms with E-state index in [0.29, 0.717) is 0 Å². The van der Waals surface area contributed by atoms with E-state index < -0.39 is 0 Å². The van der Waals surface area contributed by atoms with E-state index in [1.54, 1.807) is 11.8 Å². The number of rotatable bonds is 3. The van der Waals surface area contributed by atoms with Crippen molar-refractivity contribution in [3.05, 3.63) is 54.1 Å². The van der Waals surface area contributed by atoms with Gasteiger partial charge in [-0.2, -0.15) is 0 Å². The minimum absolute atomic E-state index is 0. The molecule has 86 valence electrons. The molecule has 0 aliphatic rings. The molecule has 0 saturated heterocycles. The molecule has 3 nitrogen and oxygen atoms in total. The molecule has 0 aliphatic carbocycles. The third kappa shape index (κ3) is 2.55. The minimum atomic E-state index is 0. The summed E-state index contributed by atoms with van der Waals surface area (Å²) in [5, 5.41) is 0. The summed E-state index contributed by atoms with van der Waals surface area (Å²) in [6.45, 7) is 0. The average molecular weight is 239 g/mol. The van der Waals surface area contributed by atoms with Crippen LogP contribution in [0.1, 0.15) is 11.4 Å². The number of aromatic nitrogens is 2. The molecule has 0 N–H and O–H groups in total. The van der Waals surface area contributed by atoms with Crippen molar-refractivity contribution in [2.24, 2.45) is 7.05 Å². The average Bonchev–Trinajstić information content (AvgIpc) is 2.62. The summed E-state index contributed by atoms with van der Waals surface area (Å²) in [5.41, 5.74) is 1.28. The smallest absolute Gasteiger partial charge is 0.300 e. The summed E-state index contributed by atoms with van der Waals surface area (Å²) >= 11 is 0. The Balaban J connectivity index is 0.00000128. The minimum Gasteiger partial charge on any atom is -1.00 e. The lowest BCUT2D eigenvalue weighted by molar-refractivity contribution is -0.679. The third-order valence-electron chi connectivity index (χ3n) is 2.49. The Bertz CT molecular complexity index is 440. The van der Waals surface area contributed by atoms with Gasteiger partial charge in [-0.05, 0) is 10.3 Å². The summed E-state index contributed by atoms with van der Waals surface area (Å²) in [4.78, 5) is 5.23.